The highest BCUT2D eigenvalue weighted by molar-refractivity contribution is 7.92. The van der Waals surface area contributed by atoms with Crippen LogP contribution in [-0.4, -0.2) is 64.2 Å². The maximum Gasteiger partial charge on any atom is 0.244 e. The number of nitrogens with zero attached hydrogens (tertiary/aromatic N) is 2. The lowest BCUT2D eigenvalue weighted by Gasteiger charge is -2.32. The molecule has 2 aromatic rings. The summed E-state index contributed by atoms with van der Waals surface area (Å²) < 4.78 is 37.2. The molecule has 0 spiro atoms. The average molecular weight is 520 g/mol. The first-order chi connectivity index (χ1) is 16.9. The lowest BCUT2D eigenvalue weighted by atomic mass is 10.1. The normalized spacial score (nSPS) is 12.9. The van der Waals surface area contributed by atoms with Gasteiger partial charge < -0.3 is 19.7 Å². The molecule has 0 saturated heterocycles. The number of hydrogen-bond acceptors (Lipinski definition) is 6. The van der Waals surface area contributed by atoms with Gasteiger partial charge in [-0.3, -0.25) is 13.9 Å². The van der Waals surface area contributed by atoms with E-state index in [1.165, 1.54) is 25.2 Å². The van der Waals surface area contributed by atoms with E-state index in [1.54, 1.807) is 19.1 Å². The first kappa shape index (κ1) is 29.0. The van der Waals surface area contributed by atoms with Gasteiger partial charge >= 0.3 is 0 Å². The molecule has 198 valence electrons. The average Bonchev–Trinajstić information content (AvgIpc) is 2.85. The Morgan fingerprint density at radius 2 is 1.67 bits per heavy atom. The molecule has 2 aromatic carbocycles. The number of carbonyl (C=O) groups is 2. The number of rotatable bonds is 12. The van der Waals surface area contributed by atoms with E-state index < -0.39 is 28.5 Å². The Morgan fingerprint density at radius 1 is 1.03 bits per heavy atom. The molecule has 0 unspecified atom stereocenters. The van der Waals surface area contributed by atoms with E-state index in [4.69, 9.17) is 9.47 Å². The van der Waals surface area contributed by atoms with Crippen LogP contribution < -0.4 is 19.1 Å². The van der Waals surface area contributed by atoms with Crippen molar-refractivity contribution in [2.45, 2.75) is 52.7 Å². The fourth-order valence-electron chi connectivity index (χ4n) is 3.52. The Balaban J connectivity index is 2.47. The highest BCUT2D eigenvalue weighted by atomic mass is 32.2. The summed E-state index contributed by atoms with van der Waals surface area (Å²) in [5.41, 5.74) is 2.05. The quantitative estimate of drug-likeness (QED) is 0.462. The number of ether oxygens (including phenoxy) is 2. The van der Waals surface area contributed by atoms with Gasteiger partial charge in [0.05, 0.1) is 26.2 Å². The van der Waals surface area contributed by atoms with Crippen molar-refractivity contribution in [1.82, 2.24) is 10.2 Å². The molecule has 36 heavy (non-hydrogen) atoms. The second-order valence-electron chi connectivity index (χ2n) is 8.81. The molecule has 0 radical (unpaired) electrons. The SMILES string of the molecule is CC[C@@H](C)NC(=O)[C@@H](C)N(Cc1ccc(C)cc1)C(=O)CN(c1cc(OC)ccc1OC)S(C)(=O)=O. The molecule has 0 aliphatic rings. The van der Waals surface area contributed by atoms with Crippen LogP contribution in [-0.2, 0) is 26.2 Å². The van der Waals surface area contributed by atoms with Crippen molar-refractivity contribution in [3.63, 3.8) is 0 Å². The Bertz CT molecular complexity index is 1150. The predicted molar refractivity (Wildman–Crippen MR) is 141 cm³/mol. The van der Waals surface area contributed by atoms with Crippen LogP contribution in [0.5, 0.6) is 11.5 Å². The Labute approximate surface area is 214 Å². The minimum atomic E-state index is -3.90. The molecule has 10 heteroatoms. The van der Waals surface area contributed by atoms with Gasteiger partial charge in [-0.15, -0.1) is 0 Å². The first-order valence-electron chi connectivity index (χ1n) is 11.8. The molecule has 0 bridgehead atoms. The second kappa shape index (κ2) is 12.6. The Hall–Kier alpha value is -3.27. The van der Waals surface area contributed by atoms with Gasteiger partial charge in [0.1, 0.15) is 24.1 Å². The van der Waals surface area contributed by atoms with Crippen LogP contribution in [0.2, 0.25) is 0 Å². The molecule has 2 atom stereocenters. The maximum absolute atomic E-state index is 13.7. The minimum Gasteiger partial charge on any atom is -0.497 e. The van der Waals surface area contributed by atoms with Crippen molar-refractivity contribution >= 4 is 27.5 Å². The molecule has 0 aliphatic heterocycles. The van der Waals surface area contributed by atoms with E-state index in [9.17, 15) is 18.0 Å². The van der Waals surface area contributed by atoms with Gasteiger partial charge in [0.15, 0.2) is 0 Å². The van der Waals surface area contributed by atoms with Crippen molar-refractivity contribution in [1.29, 1.82) is 0 Å². The summed E-state index contributed by atoms with van der Waals surface area (Å²) in [4.78, 5) is 28.0. The Kier molecular flexibility index (Phi) is 10.2. The van der Waals surface area contributed by atoms with E-state index in [0.29, 0.717) is 5.75 Å². The van der Waals surface area contributed by atoms with E-state index >= 15 is 0 Å². The van der Waals surface area contributed by atoms with Gasteiger partial charge in [-0.2, -0.15) is 0 Å². The third-order valence-corrected chi connectivity index (χ3v) is 7.10. The highest BCUT2D eigenvalue weighted by Gasteiger charge is 2.31. The lowest BCUT2D eigenvalue weighted by Crippen LogP contribution is -2.52. The molecule has 1 N–H and O–H groups in total. The third-order valence-electron chi connectivity index (χ3n) is 5.98. The number of anilines is 1. The van der Waals surface area contributed by atoms with E-state index in [1.807, 2.05) is 45.0 Å². The molecule has 0 aromatic heterocycles. The van der Waals surface area contributed by atoms with Gasteiger partial charge in [0.2, 0.25) is 21.8 Å². The zero-order valence-corrected chi connectivity index (χ0v) is 22.9. The summed E-state index contributed by atoms with van der Waals surface area (Å²) in [6, 6.07) is 11.4. The monoisotopic (exact) mass is 519 g/mol. The second-order valence-corrected chi connectivity index (χ2v) is 10.7. The van der Waals surface area contributed by atoms with Crippen LogP contribution in [0.3, 0.4) is 0 Å². The van der Waals surface area contributed by atoms with Crippen LogP contribution in [0.15, 0.2) is 42.5 Å². The summed E-state index contributed by atoms with van der Waals surface area (Å²) >= 11 is 0. The maximum atomic E-state index is 13.7. The summed E-state index contributed by atoms with van der Waals surface area (Å²) in [6.45, 7) is 7.06. The van der Waals surface area contributed by atoms with Crippen LogP contribution in [0.1, 0.15) is 38.3 Å². The number of aryl methyl sites for hydroxylation is 1. The molecule has 0 saturated carbocycles. The summed E-state index contributed by atoms with van der Waals surface area (Å²) in [6.07, 6.45) is 1.75. The summed E-state index contributed by atoms with van der Waals surface area (Å²) in [5.74, 6) is -0.168. The van der Waals surface area contributed by atoms with Crippen molar-refractivity contribution in [3.05, 3.63) is 53.6 Å². The molecule has 0 aliphatic carbocycles. The van der Waals surface area contributed by atoms with E-state index in [2.05, 4.69) is 5.32 Å². The van der Waals surface area contributed by atoms with Gasteiger partial charge in [0.25, 0.3) is 0 Å². The summed E-state index contributed by atoms with van der Waals surface area (Å²) in [7, 11) is -1.03. The molecular formula is C26H37N3O6S. The van der Waals surface area contributed by atoms with E-state index in [0.717, 1.165) is 28.1 Å². The summed E-state index contributed by atoms with van der Waals surface area (Å²) in [5, 5.41) is 2.91. The highest BCUT2D eigenvalue weighted by Crippen LogP contribution is 2.34. The van der Waals surface area contributed by atoms with Gasteiger partial charge in [-0.1, -0.05) is 36.8 Å². The third kappa shape index (κ3) is 7.61. The fraction of sp³-hybridized carbons (Fsp3) is 0.462. The van der Waals surface area contributed by atoms with Gasteiger partial charge in [-0.25, -0.2) is 8.42 Å². The van der Waals surface area contributed by atoms with Gasteiger partial charge in [-0.05, 0) is 44.9 Å². The predicted octanol–water partition coefficient (Wildman–Crippen LogP) is 3.11. The first-order valence-corrected chi connectivity index (χ1v) is 13.6. The molecular weight excluding hydrogens is 482 g/mol. The molecule has 0 fully saturated rings. The van der Waals surface area contributed by atoms with Crippen LogP contribution in [0, 0.1) is 6.92 Å². The zero-order chi connectivity index (χ0) is 27.0. The largest absolute Gasteiger partial charge is 0.497 e. The smallest absolute Gasteiger partial charge is 0.244 e. The van der Waals surface area contributed by atoms with Crippen LogP contribution in [0.25, 0.3) is 0 Å². The number of amides is 2. The lowest BCUT2D eigenvalue weighted by molar-refractivity contribution is -0.139. The van der Waals surface area contributed by atoms with Crippen molar-refractivity contribution in [2.24, 2.45) is 0 Å². The number of sulfonamides is 1. The van der Waals surface area contributed by atoms with Crippen LogP contribution >= 0.6 is 0 Å². The molecule has 9 nitrogen and oxygen atoms in total. The van der Waals surface area contributed by atoms with Crippen LogP contribution in [0.4, 0.5) is 5.69 Å². The van der Waals surface area contributed by atoms with Gasteiger partial charge in [0, 0.05) is 18.7 Å². The van der Waals surface area contributed by atoms with Crippen molar-refractivity contribution in [2.75, 3.05) is 31.3 Å². The molecule has 2 rings (SSSR count). The number of nitrogens with one attached hydrogen (secondary N) is 1. The van der Waals surface area contributed by atoms with Crippen molar-refractivity contribution < 1.29 is 27.5 Å². The van der Waals surface area contributed by atoms with E-state index in [-0.39, 0.29) is 29.9 Å². The van der Waals surface area contributed by atoms with Crippen molar-refractivity contribution in [3.8, 4) is 11.5 Å². The number of carbonyl (C=O) groups excluding carboxylic acids is 2. The fourth-order valence-corrected chi connectivity index (χ4v) is 4.37. The molecule has 2 amide bonds. The molecule has 0 heterocycles. The topological polar surface area (TPSA) is 105 Å². The Morgan fingerprint density at radius 3 is 2.19 bits per heavy atom. The minimum absolute atomic E-state index is 0.0650. The number of hydrogen-bond donors (Lipinski definition) is 1. The number of benzene rings is 2. The standard InChI is InChI=1S/C26H37N3O6S/c1-8-19(3)27-26(31)20(4)28(16-21-11-9-18(2)10-12-21)25(30)17-29(36(7,32)33)23-15-22(34-5)13-14-24(23)35-6/h9-15,19-20H,8,16-17H2,1-7H3,(H,27,31)/t19-,20-/m1/s1. The zero-order valence-electron chi connectivity index (χ0n) is 22.1. The number of methoxy groups -OCH3 is 2.